The summed E-state index contributed by atoms with van der Waals surface area (Å²) in [6, 6.07) is 8.39. The van der Waals surface area contributed by atoms with Crippen LogP contribution in [0.25, 0.3) is 10.4 Å². The second-order valence-corrected chi connectivity index (χ2v) is 5.06. The predicted molar refractivity (Wildman–Crippen MR) is 73.6 cm³/mol. The first-order valence-electron chi connectivity index (χ1n) is 6.53. The molecular formula is C14H18N4O. The zero-order chi connectivity index (χ0) is 13.7. The maximum absolute atomic E-state index is 11.8. The number of hydrogen-bond donors (Lipinski definition) is 0. The van der Waals surface area contributed by atoms with Gasteiger partial charge in [0.25, 0.3) is 0 Å². The quantitative estimate of drug-likeness (QED) is 0.455. The van der Waals surface area contributed by atoms with Crippen molar-refractivity contribution in [1.82, 2.24) is 4.90 Å². The van der Waals surface area contributed by atoms with Crippen LogP contribution in [-0.2, 0) is 11.2 Å². The fraction of sp³-hybridized carbons (Fsp3) is 0.500. The first-order chi connectivity index (χ1) is 9.19. The fourth-order valence-corrected chi connectivity index (χ4v) is 2.36. The third kappa shape index (κ3) is 3.73. The van der Waals surface area contributed by atoms with Crippen molar-refractivity contribution in [3.63, 3.8) is 0 Å². The third-order valence-corrected chi connectivity index (χ3v) is 3.49. The van der Waals surface area contributed by atoms with Gasteiger partial charge in [-0.2, -0.15) is 0 Å². The van der Waals surface area contributed by atoms with Gasteiger partial charge >= 0.3 is 0 Å². The maximum Gasteiger partial charge on any atom is 0.222 e. The SMILES string of the molecule is Cc1ccc(CCN2CC(CN=[N+]=[N-])CC2=O)cc1. The summed E-state index contributed by atoms with van der Waals surface area (Å²) in [4.78, 5) is 16.4. The highest BCUT2D eigenvalue weighted by atomic mass is 16.2. The molecule has 0 saturated carbocycles. The van der Waals surface area contributed by atoms with Gasteiger partial charge < -0.3 is 4.90 Å². The van der Waals surface area contributed by atoms with Crippen LogP contribution in [0.2, 0.25) is 0 Å². The van der Waals surface area contributed by atoms with E-state index >= 15 is 0 Å². The molecule has 0 aliphatic carbocycles. The number of benzene rings is 1. The first kappa shape index (κ1) is 13.4. The van der Waals surface area contributed by atoms with Gasteiger partial charge in [-0.25, -0.2) is 0 Å². The van der Waals surface area contributed by atoms with E-state index in [9.17, 15) is 4.79 Å². The van der Waals surface area contributed by atoms with E-state index < -0.39 is 0 Å². The second-order valence-electron chi connectivity index (χ2n) is 5.06. The Balaban J connectivity index is 1.84. The summed E-state index contributed by atoms with van der Waals surface area (Å²) in [5, 5.41) is 3.55. The lowest BCUT2D eigenvalue weighted by Crippen LogP contribution is -2.27. The standard InChI is InChI=1S/C14H18N4O/c1-11-2-4-12(5-3-11)6-7-18-10-13(8-14(18)19)9-16-17-15/h2-5,13H,6-10H2,1H3. The van der Waals surface area contributed by atoms with Crippen LogP contribution in [0, 0.1) is 12.8 Å². The van der Waals surface area contributed by atoms with E-state index in [0.29, 0.717) is 19.5 Å². The van der Waals surface area contributed by atoms with Crippen LogP contribution < -0.4 is 0 Å². The van der Waals surface area contributed by atoms with Crippen LogP contribution in [0.5, 0.6) is 0 Å². The van der Waals surface area contributed by atoms with Gasteiger partial charge in [-0.3, -0.25) is 4.79 Å². The van der Waals surface area contributed by atoms with Crippen molar-refractivity contribution >= 4 is 5.91 Å². The molecule has 100 valence electrons. The highest BCUT2D eigenvalue weighted by Crippen LogP contribution is 2.18. The molecule has 1 aliphatic heterocycles. The summed E-state index contributed by atoms with van der Waals surface area (Å²) >= 11 is 0. The number of amides is 1. The van der Waals surface area contributed by atoms with E-state index in [1.54, 1.807) is 0 Å². The monoisotopic (exact) mass is 258 g/mol. The molecule has 1 heterocycles. The number of azide groups is 1. The Morgan fingerprint density at radius 2 is 2.16 bits per heavy atom. The van der Waals surface area contributed by atoms with Crippen LogP contribution in [0.15, 0.2) is 29.4 Å². The van der Waals surface area contributed by atoms with Crippen LogP contribution in [0.1, 0.15) is 17.5 Å². The van der Waals surface area contributed by atoms with Crippen molar-refractivity contribution in [2.45, 2.75) is 19.8 Å². The Bertz CT molecular complexity index is 491. The summed E-state index contributed by atoms with van der Waals surface area (Å²) in [5.74, 6) is 0.353. The Hall–Kier alpha value is -2.00. The average molecular weight is 258 g/mol. The van der Waals surface area contributed by atoms with Crippen LogP contribution in [0.3, 0.4) is 0 Å². The lowest BCUT2D eigenvalue weighted by Gasteiger charge is -2.16. The highest BCUT2D eigenvalue weighted by molar-refractivity contribution is 5.78. The second kappa shape index (κ2) is 6.25. The molecule has 1 aliphatic rings. The van der Waals surface area contributed by atoms with E-state index in [0.717, 1.165) is 13.0 Å². The molecule has 19 heavy (non-hydrogen) atoms. The number of hydrogen-bond acceptors (Lipinski definition) is 2. The molecule has 0 radical (unpaired) electrons. The van der Waals surface area contributed by atoms with Crippen molar-refractivity contribution in [3.05, 3.63) is 45.8 Å². The fourth-order valence-electron chi connectivity index (χ4n) is 2.36. The predicted octanol–water partition coefficient (Wildman–Crippen LogP) is 2.70. The molecule has 1 aromatic rings. The van der Waals surface area contributed by atoms with Gasteiger partial charge in [-0.15, -0.1) is 0 Å². The molecule has 1 aromatic carbocycles. The van der Waals surface area contributed by atoms with E-state index in [1.165, 1.54) is 11.1 Å². The average Bonchev–Trinajstić information content (AvgIpc) is 2.76. The molecule has 0 aromatic heterocycles. The number of carbonyl (C=O) groups is 1. The Morgan fingerprint density at radius 3 is 2.84 bits per heavy atom. The van der Waals surface area contributed by atoms with Crippen LogP contribution >= 0.6 is 0 Å². The minimum atomic E-state index is 0.172. The zero-order valence-electron chi connectivity index (χ0n) is 11.1. The van der Waals surface area contributed by atoms with Gasteiger partial charge in [-0.05, 0) is 30.4 Å². The van der Waals surface area contributed by atoms with E-state index in [1.807, 2.05) is 4.90 Å². The number of aryl methyl sites for hydroxylation is 1. The summed E-state index contributed by atoms with van der Waals surface area (Å²) in [7, 11) is 0. The van der Waals surface area contributed by atoms with Crippen molar-refractivity contribution < 1.29 is 4.79 Å². The summed E-state index contributed by atoms with van der Waals surface area (Å²) in [5.41, 5.74) is 10.8. The summed E-state index contributed by atoms with van der Waals surface area (Å²) in [6.07, 6.45) is 1.38. The highest BCUT2D eigenvalue weighted by Gasteiger charge is 2.28. The molecular weight excluding hydrogens is 240 g/mol. The minimum absolute atomic E-state index is 0.172. The molecule has 1 fully saturated rings. The van der Waals surface area contributed by atoms with E-state index in [4.69, 9.17) is 5.53 Å². The molecule has 1 saturated heterocycles. The van der Waals surface area contributed by atoms with E-state index in [2.05, 4.69) is 41.2 Å². The van der Waals surface area contributed by atoms with Gasteiger partial charge in [0.1, 0.15) is 0 Å². The normalized spacial score (nSPS) is 18.5. The summed E-state index contributed by atoms with van der Waals surface area (Å²) in [6.45, 7) is 3.94. The van der Waals surface area contributed by atoms with Crippen molar-refractivity contribution in [2.75, 3.05) is 19.6 Å². The third-order valence-electron chi connectivity index (χ3n) is 3.49. The van der Waals surface area contributed by atoms with Gasteiger partial charge in [0.05, 0.1) is 0 Å². The van der Waals surface area contributed by atoms with Gasteiger partial charge in [-0.1, -0.05) is 34.9 Å². The molecule has 1 atom stereocenters. The number of nitrogens with zero attached hydrogens (tertiary/aromatic N) is 4. The Morgan fingerprint density at radius 1 is 1.42 bits per heavy atom. The molecule has 1 amide bonds. The maximum atomic E-state index is 11.8. The lowest BCUT2D eigenvalue weighted by molar-refractivity contribution is -0.127. The number of carbonyl (C=O) groups excluding carboxylic acids is 1. The molecule has 0 N–H and O–H groups in total. The largest absolute Gasteiger partial charge is 0.342 e. The Kier molecular flexibility index (Phi) is 4.42. The number of likely N-dealkylation sites (tertiary alicyclic amines) is 1. The lowest BCUT2D eigenvalue weighted by atomic mass is 10.1. The molecule has 0 spiro atoms. The topological polar surface area (TPSA) is 69.1 Å². The molecule has 0 bridgehead atoms. The van der Waals surface area contributed by atoms with Crippen molar-refractivity contribution in [3.8, 4) is 0 Å². The zero-order valence-corrected chi connectivity index (χ0v) is 11.1. The van der Waals surface area contributed by atoms with Crippen LogP contribution in [0.4, 0.5) is 0 Å². The molecule has 2 rings (SSSR count). The summed E-state index contributed by atoms with van der Waals surface area (Å²) < 4.78 is 0. The number of rotatable bonds is 5. The molecule has 5 heteroatoms. The van der Waals surface area contributed by atoms with Gasteiger partial charge in [0.2, 0.25) is 5.91 Å². The van der Waals surface area contributed by atoms with E-state index in [-0.39, 0.29) is 11.8 Å². The molecule has 1 unspecified atom stereocenters. The smallest absolute Gasteiger partial charge is 0.222 e. The molecule has 5 nitrogen and oxygen atoms in total. The first-order valence-corrected chi connectivity index (χ1v) is 6.53. The van der Waals surface area contributed by atoms with Crippen LogP contribution in [-0.4, -0.2) is 30.4 Å². The van der Waals surface area contributed by atoms with Gasteiger partial charge in [0.15, 0.2) is 0 Å². The van der Waals surface area contributed by atoms with Crippen molar-refractivity contribution in [2.24, 2.45) is 11.0 Å². The minimum Gasteiger partial charge on any atom is -0.342 e. The van der Waals surface area contributed by atoms with Gasteiger partial charge in [0, 0.05) is 31.0 Å². The Labute approximate surface area is 112 Å². The van der Waals surface area contributed by atoms with Crippen molar-refractivity contribution in [1.29, 1.82) is 0 Å².